The SMILES string of the molecule is NC(c1cc(F)c2c(c1)CC(=O)N2)C1CC1. The van der Waals surface area contributed by atoms with Gasteiger partial charge in [-0.2, -0.15) is 0 Å². The summed E-state index contributed by atoms with van der Waals surface area (Å²) in [4.78, 5) is 11.2. The van der Waals surface area contributed by atoms with E-state index in [0.717, 1.165) is 24.0 Å². The van der Waals surface area contributed by atoms with Gasteiger partial charge in [-0.15, -0.1) is 0 Å². The first-order valence-corrected chi connectivity index (χ1v) is 5.53. The highest BCUT2D eigenvalue weighted by molar-refractivity contribution is 5.99. The largest absolute Gasteiger partial charge is 0.324 e. The predicted octanol–water partition coefficient (Wildman–Crippen LogP) is 1.73. The van der Waals surface area contributed by atoms with Crippen LogP contribution < -0.4 is 11.1 Å². The summed E-state index contributed by atoms with van der Waals surface area (Å²) in [5.74, 6) is -0.0250. The third-order valence-electron chi connectivity index (χ3n) is 3.32. The molecular weight excluding hydrogens is 207 g/mol. The molecule has 16 heavy (non-hydrogen) atoms. The molecule has 1 unspecified atom stereocenters. The molecule has 1 saturated carbocycles. The van der Waals surface area contributed by atoms with Gasteiger partial charge in [-0.05, 0) is 36.0 Å². The maximum Gasteiger partial charge on any atom is 0.228 e. The van der Waals surface area contributed by atoms with Crippen LogP contribution >= 0.6 is 0 Å². The van der Waals surface area contributed by atoms with Gasteiger partial charge in [0.25, 0.3) is 0 Å². The third kappa shape index (κ3) is 1.50. The first-order valence-electron chi connectivity index (χ1n) is 5.53. The molecule has 0 spiro atoms. The molecule has 1 aliphatic heterocycles. The lowest BCUT2D eigenvalue weighted by Gasteiger charge is -2.12. The van der Waals surface area contributed by atoms with Crippen molar-refractivity contribution in [3.63, 3.8) is 0 Å². The van der Waals surface area contributed by atoms with Gasteiger partial charge in [-0.3, -0.25) is 4.79 Å². The number of amides is 1. The molecule has 1 aliphatic carbocycles. The number of benzene rings is 1. The van der Waals surface area contributed by atoms with E-state index in [9.17, 15) is 9.18 Å². The number of nitrogens with two attached hydrogens (primary N) is 1. The minimum Gasteiger partial charge on any atom is -0.324 e. The fourth-order valence-corrected chi connectivity index (χ4v) is 2.24. The van der Waals surface area contributed by atoms with Gasteiger partial charge in [0.2, 0.25) is 5.91 Å². The molecule has 3 rings (SSSR count). The van der Waals surface area contributed by atoms with Crippen molar-refractivity contribution in [1.29, 1.82) is 0 Å². The number of halogens is 1. The Morgan fingerprint density at radius 2 is 2.19 bits per heavy atom. The van der Waals surface area contributed by atoms with Crippen LogP contribution in [-0.2, 0) is 11.2 Å². The van der Waals surface area contributed by atoms with E-state index in [1.54, 1.807) is 0 Å². The summed E-state index contributed by atoms with van der Waals surface area (Å²) in [5, 5.41) is 2.52. The van der Waals surface area contributed by atoms with Crippen LogP contribution in [-0.4, -0.2) is 5.91 Å². The van der Waals surface area contributed by atoms with Crippen molar-refractivity contribution in [2.75, 3.05) is 5.32 Å². The second-order valence-electron chi connectivity index (χ2n) is 4.63. The van der Waals surface area contributed by atoms with E-state index >= 15 is 0 Å². The van der Waals surface area contributed by atoms with Gasteiger partial charge in [0.1, 0.15) is 5.82 Å². The quantitative estimate of drug-likeness (QED) is 0.797. The van der Waals surface area contributed by atoms with Gasteiger partial charge in [-0.25, -0.2) is 4.39 Å². The average Bonchev–Trinajstić information content (AvgIpc) is 3.00. The van der Waals surface area contributed by atoms with Crippen LogP contribution in [0.2, 0.25) is 0 Å². The maximum atomic E-state index is 13.7. The first-order chi connectivity index (χ1) is 7.65. The number of hydrogen-bond acceptors (Lipinski definition) is 2. The Bertz CT molecular complexity index is 468. The van der Waals surface area contributed by atoms with E-state index in [2.05, 4.69) is 5.32 Å². The molecule has 4 heteroatoms. The Balaban J connectivity index is 2.00. The highest BCUT2D eigenvalue weighted by atomic mass is 19.1. The summed E-state index contributed by atoms with van der Waals surface area (Å²) in [6.45, 7) is 0. The number of carbonyl (C=O) groups is 1. The van der Waals surface area contributed by atoms with Crippen molar-refractivity contribution in [1.82, 2.24) is 0 Å². The molecule has 0 bridgehead atoms. The zero-order valence-electron chi connectivity index (χ0n) is 8.79. The Hall–Kier alpha value is -1.42. The summed E-state index contributed by atoms with van der Waals surface area (Å²) < 4.78 is 13.7. The molecular formula is C12H13FN2O. The molecule has 0 aromatic heterocycles. The van der Waals surface area contributed by atoms with E-state index in [1.165, 1.54) is 6.07 Å². The Kier molecular flexibility index (Phi) is 2.01. The molecule has 1 heterocycles. The van der Waals surface area contributed by atoms with E-state index in [4.69, 9.17) is 5.73 Å². The van der Waals surface area contributed by atoms with Gasteiger partial charge in [-0.1, -0.05) is 6.07 Å². The topological polar surface area (TPSA) is 55.1 Å². The molecule has 1 atom stereocenters. The summed E-state index contributed by atoms with van der Waals surface area (Å²) in [6.07, 6.45) is 2.51. The standard InChI is InChI=1S/C12H13FN2O/c13-9-4-7(11(14)6-1-2-6)3-8-5-10(16)15-12(8)9/h3-4,6,11H,1-2,5,14H2,(H,15,16). The van der Waals surface area contributed by atoms with Gasteiger partial charge < -0.3 is 11.1 Å². The Morgan fingerprint density at radius 3 is 2.88 bits per heavy atom. The molecule has 0 saturated heterocycles. The molecule has 3 N–H and O–H groups in total. The lowest BCUT2D eigenvalue weighted by atomic mass is 9.99. The molecule has 1 fully saturated rings. The van der Waals surface area contributed by atoms with Crippen LogP contribution in [0.3, 0.4) is 0 Å². The molecule has 0 radical (unpaired) electrons. The molecule has 1 amide bonds. The van der Waals surface area contributed by atoms with Crippen molar-refractivity contribution < 1.29 is 9.18 Å². The van der Waals surface area contributed by atoms with E-state index in [-0.39, 0.29) is 24.2 Å². The maximum absolute atomic E-state index is 13.7. The third-order valence-corrected chi connectivity index (χ3v) is 3.32. The van der Waals surface area contributed by atoms with Crippen LogP contribution in [0.25, 0.3) is 0 Å². The van der Waals surface area contributed by atoms with Crippen molar-refractivity contribution in [2.24, 2.45) is 11.7 Å². The van der Waals surface area contributed by atoms with Crippen molar-refractivity contribution in [3.05, 3.63) is 29.1 Å². The van der Waals surface area contributed by atoms with Crippen molar-refractivity contribution in [2.45, 2.75) is 25.3 Å². The Labute approximate surface area is 92.8 Å². The number of anilines is 1. The summed E-state index contributed by atoms with van der Waals surface area (Å²) >= 11 is 0. The zero-order valence-corrected chi connectivity index (χ0v) is 8.79. The highest BCUT2D eigenvalue weighted by Crippen LogP contribution is 2.41. The van der Waals surface area contributed by atoms with E-state index < -0.39 is 0 Å². The summed E-state index contributed by atoms with van der Waals surface area (Å²) in [5.41, 5.74) is 7.90. The van der Waals surface area contributed by atoms with Crippen LogP contribution in [0.5, 0.6) is 0 Å². The number of rotatable bonds is 2. The molecule has 3 nitrogen and oxygen atoms in total. The lowest BCUT2D eigenvalue weighted by molar-refractivity contribution is -0.115. The second kappa shape index (κ2) is 3.28. The van der Waals surface area contributed by atoms with Gasteiger partial charge >= 0.3 is 0 Å². The van der Waals surface area contributed by atoms with E-state index in [0.29, 0.717) is 11.6 Å². The van der Waals surface area contributed by atoms with Crippen LogP contribution in [0.1, 0.15) is 30.0 Å². The number of carbonyl (C=O) groups excluding carboxylic acids is 1. The van der Waals surface area contributed by atoms with Crippen molar-refractivity contribution >= 4 is 11.6 Å². The second-order valence-corrected chi connectivity index (χ2v) is 4.63. The van der Waals surface area contributed by atoms with Crippen LogP contribution in [0, 0.1) is 11.7 Å². The summed E-state index contributed by atoms with van der Waals surface area (Å²) in [7, 11) is 0. The smallest absolute Gasteiger partial charge is 0.228 e. The lowest BCUT2D eigenvalue weighted by Crippen LogP contribution is -2.13. The fraction of sp³-hybridized carbons (Fsp3) is 0.417. The minimum absolute atomic E-state index is 0.0875. The highest BCUT2D eigenvalue weighted by Gasteiger charge is 2.31. The van der Waals surface area contributed by atoms with Crippen molar-refractivity contribution in [3.8, 4) is 0 Å². The molecule has 1 aromatic rings. The normalized spacial score (nSPS) is 20.5. The van der Waals surface area contributed by atoms with Gasteiger partial charge in [0.15, 0.2) is 0 Å². The molecule has 2 aliphatic rings. The number of fused-ring (bicyclic) bond motifs is 1. The minimum atomic E-state index is -0.366. The van der Waals surface area contributed by atoms with E-state index in [1.807, 2.05) is 6.07 Å². The average molecular weight is 220 g/mol. The van der Waals surface area contributed by atoms with Crippen LogP contribution in [0.4, 0.5) is 10.1 Å². The summed E-state index contributed by atoms with van der Waals surface area (Å²) in [6, 6.07) is 3.22. The monoisotopic (exact) mass is 220 g/mol. The van der Waals surface area contributed by atoms with Crippen LogP contribution in [0.15, 0.2) is 12.1 Å². The van der Waals surface area contributed by atoms with Gasteiger partial charge in [0, 0.05) is 6.04 Å². The van der Waals surface area contributed by atoms with Gasteiger partial charge in [0.05, 0.1) is 12.1 Å². The Morgan fingerprint density at radius 1 is 1.44 bits per heavy atom. The predicted molar refractivity (Wildman–Crippen MR) is 58.4 cm³/mol. The first kappa shape index (κ1) is 9.78. The zero-order chi connectivity index (χ0) is 11.3. The number of hydrogen-bond donors (Lipinski definition) is 2. The fourth-order valence-electron chi connectivity index (χ4n) is 2.24. The number of nitrogens with one attached hydrogen (secondary N) is 1. The molecule has 84 valence electrons. The molecule has 1 aromatic carbocycles.